The fourth-order valence-electron chi connectivity index (χ4n) is 4.14. The van der Waals surface area contributed by atoms with Crippen molar-refractivity contribution in [3.05, 3.63) is 43.2 Å². The largest absolute Gasteiger partial charge is 0.374 e. The number of nitrogens with one attached hydrogen (secondary N) is 1. The SMILES string of the molecule is CCC(CC)n1cc(-c2nc(-c3cnn(C[C@@H]4CNCCO4)c3)cn3nccc23)cn1. The average molecular weight is 421 g/mol. The molecule has 4 aromatic rings. The molecule has 9 heteroatoms. The Morgan fingerprint density at radius 3 is 2.77 bits per heavy atom. The summed E-state index contributed by atoms with van der Waals surface area (Å²) in [6.07, 6.45) is 13.8. The standard InChI is InChI=1S/C22H28N8O/c1-3-18(4-2)29-13-17(10-26-29)22-21-5-6-24-30(21)15-20(27-22)16-9-25-28(12-16)14-19-11-23-7-8-31-19/h5-6,9-10,12-13,15,18-19,23H,3-4,7-8,11,14H2,1-2H3/t19-/m0/s1. The van der Waals surface area contributed by atoms with E-state index in [1.54, 1.807) is 6.20 Å². The molecule has 9 nitrogen and oxygen atoms in total. The van der Waals surface area contributed by atoms with Crippen LogP contribution in [-0.4, -0.2) is 60.0 Å². The van der Waals surface area contributed by atoms with Crippen LogP contribution in [0.1, 0.15) is 32.7 Å². The van der Waals surface area contributed by atoms with E-state index in [0.717, 1.165) is 60.6 Å². The predicted molar refractivity (Wildman–Crippen MR) is 118 cm³/mol. The highest BCUT2D eigenvalue weighted by atomic mass is 16.5. The lowest BCUT2D eigenvalue weighted by atomic mass is 10.1. The third kappa shape index (κ3) is 3.98. The van der Waals surface area contributed by atoms with Gasteiger partial charge >= 0.3 is 0 Å². The first-order valence-corrected chi connectivity index (χ1v) is 11.0. The van der Waals surface area contributed by atoms with E-state index in [4.69, 9.17) is 9.72 Å². The molecule has 1 atom stereocenters. The van der Waals surface area contributed by atoms with Crippen molar-refractivity contribution < 1.29 is 4.74 Å². The Kier molecular flexibility index (Phi) is 5.52. The Morgan fingerprint density at radius 1 is 1.10 bits per heavy atom. The van der Waals surface area contributed by atoms with Gasteiger partial charge in [0.25, 0.3) is 0 Å². The Bertz CT molecular complexity index is 1150. The zero-order chi connectivity index (χ0) is 21.2. The summed E-state index contributed by atoms with van der Waals surface area (Å²) in [6.45, 7) is 7.59. The third-order valence-corrected chi connectivity index (χ3v) is 5.91. The van der Waals surface area contributed by atoms with Crippen molar-refractivity contribution in [3.63, 3.8) is 0 Å². The van der Waals surface area contributed by atoms with Crippen LogP contribution >= 0.6 is 0 Å². The molecule has 5 rings (SSSR count). The lowest BCUT2D eigenvalue weighted by molar-refractivity contribution is 0.0161. The van der Waals surface area contributed by atoms with Crippen molar-refractivity contribution in [2.24, 2.45) is 0 Å². The first-order valence-electron chi connectivity index (χ1n) is 11.0. The molecule has 0 aliphatic carbocycles. The van der Waals surface area contributed by atoms with Crippen LogP contribution in [-0.2, 0) is 11.3 Å². The molecule has 1 saturated heterocycles. The number of rotatable bonds is 7. The van der Waals surface area contributed by atoms with Crippen LogP contribution in [0.3, 0.4) is 0 Å². The van der Waals surface area contributed by atoms with E-state index in [1.165, 1.54) is 0 Å². The Hall–Kier alpha value is -3.04. The van der Waals surface area contributed by atoms with Crippen LogP contribution in [0.25, 0.3) is 28.0 Å². The molecule has 0 amide bonds. The van der Waals surface area contributed by atoms with Gasteiger partial charge in [-0.05, 0) is 18.9 Å². The summed E-state index contributed by atoms with van der Waals surface area (Å²) in [7, 11) is 0. The van der Waals surface area contributed by atoms with E-state index < -0.39 is 0 Å². The maximum Gasteiger partial charge on any atom is 0.0999 e. The fourth-order valence-corrected chi connectivity index (χ4v) is 4.14. The van der Waals surface area contributed by atoms with E-state index in [2.05, 4.69) is 40.7 Å². The normalized spacial score (nSPS) is 17.1. The minimum absolute atomic E-state index is 0.134. The molecule has 1 aliphatic heterocycles. The van der Waals surface area contributed by atoms with Crippen molar-refractivity contribution in [3.8, 4) is 22.5 Å². The molecule has 31 heavy (non-hydrogen) atoms. The maximum absolute atomic E-state index is 5.80. The smallest absolute Gasteiger partial charge is 0.0999 e. The molecule has 0 bridgehead atoms. The van der Waals surface area contributed by atoms with Gasteiger partial charge in [0.15, 0.2) is 0 Å². The quantitative estimate of drug-likeness (QED) is 0.495. The number of ether oxygens (including phenoxy) is 1. The number of morpholine rings is 1. The highest BCUT2D eigenvalue weighted by Gasteiger charge is 2.17. The van der Waals surface area contributed by atoms with Gasteiger partial charge in [-0.1, -0.05) is 13.8 Å². The number of fused-ring (bicyclic) bond motifs is 1. The molecule has 162 valence electrons. The summed E-state index contributed by atoms with van der Waals surface area (Å²) in [5, 5.41) is 17.0. The molecule has 1 aliphatic rings. The van der Waals surface area contributed by atoms with E-state index in [-0.39, 0.29) is 6.10 Å². The molecular weight excluding hydrogens is 392 g/mol. The highest BCUT2D eigenvalue weighted by molar-refractivity contribution is 5.78. The van der Waals surface area contributed by atoms with Crippen molar-refractivity contribution in [1.82, 2.24) is 39.5 Å². The van der Waals surface area contributed by atoms with E-state index in [9.17, 15) is 0 Å². The van der Waals surface area contributed by atoms with Crippen LogP contribution in [0.4, 0.5) is 0 Å². The van der Waals surface area contributed by atoms with Crippen LogP contribution in [0.5, 0.6) is 0 Å². The topological polar surface area (TPSA) is 87.1 Å². The summed E-state index contributed by atoms with van der Waals surface area (Å²) in [6, 6.07) is 2.38. The van der Waals surface area contributed by atoms with Gasteiger partial charge in [0, 0.05) is 36.6 Å². The minimum Gasteiger partial charge on any atom is -0.374 e. The van der Waals surface area contributed by atoms with Crippen molar-refractivity contribution in [2.45, 2.75) is 45.4 Å². The van der Waals surface area contributed by atoms with Gasteiger partial charge in [-0.25, -0.2) is 9.50 Å². The van der Waals surface area contributed by atoms with Crippen LogP contribution in [0, 0.1) is 0 Å². The van der Waals surface area contributed by atoms with Crippen molar-refractivity contribution in [2.75, 3.05) is 19.7 Å². The Labute approximate surface area is 181 Å². The molecule has 1 N–H and O–H groups in total. The zero-order valence-electron chi connectivity index (χ0n) is 18.0. The molecule has 4 aromatic heterocycles. The van der Waals surface area contributed by atoms with Gasteiger partial charge in [0.2, 0.25) is 0 Å². The Morgan fingerprint density at radius 2 is 1.97 bits per heavy atom. The molecule has 5 heterocycles. The van der Waals surface area contributed by atoms with Crippen LogP contribution < -0.4 is 5.32 Å². The number of nitrogens with zero attached hydrogens (tertiary/aromatic N) is 7. The van der Waals surface area contributed by atoms with Gasteiger partial charge in [0.1, 0.15) is 0 Å². The fraction of sp³-hybridized carbons (Fsp3) is 0.455. The Balaban J connectivity index is 1.47. The maximum atomic E-state index is 5.80. The van der Waals surface area contributed by atoms with Crippen LogP contribution in [0.15, 0.2) is 43.2 Å². The molecule has 0 spiro atoms. The summed E-state index contributed by atoms with van der Waals surface area (Å²) >= 11 is 0. The second-order valence-electron chi connectivity index (χ2n) is 7.96. The monoisotopic (exact) mass is 420 g/mol. The van der Waals surface area contributed by atoms with Gasteiger partial charge in [-0.15, -0.1) is 0 Å². The number of hydrogen-bond donors (Lipinski definition) is 1. The lowest BCUT2D eigenvalue weighted by Crippen LogP contribution is -2.40. The summed E-state index contributed by atoms with van der Waals surface area (Å²) in [4.78, 5) is 4.99. The third-order valence-electron chi connectivity index (χ3n) is 5.91. The zero-order valence-corrected chi connectivity index (χ0v) is 18.0. The van der Waals surface area contributed by atoms with Gasteiger partial charge in [-0.2, -0.15) is 15.3 Å². The number of hydrogen-bond acceptors (Lipinski definition) is 6. The highest BCUT2D eigenvalue weighted by Crippen LogP contribution is 2.28. The minimum atomic E-state index is 0.134. The molecule has 1 fully saturated rings. The van der Waals surface area contributed by atoms with Crippen molar-refractivity contribution in [1.29, 1.82) is 0 Å². The molecule has 0 radical (unpaired) electrons. The average Bonchev–Trinajstić information content (AvgIpc) is 3.55. The van der Waals surface area contributed by atoms with Gasteiger partial charge < -0.3 is 10.1 Å². The molecule has 0 unspecified atom stereocenters. The summed E-state index contributed by atoms with van der Waals surface area (Å²) in [5.74, 6) is 0. The van der Waals surface area contributed by atoms with E-state index in [1.807, 2.05) is 44.7 Å². The second-order valence-corrected chi connectivity index (χ2v) is 7.96. The first-order chi connectivity index (χ1) is 15.2. The molecular formula is C22H28N8O. The number of aromatic nitrogens is 7. The van der Waals surface area contributed by atoms with E-state index in [0.29, 0.717) is 12.6 Å². The predicted octanol–water partition coefficient (Wildman–Crippen LogP) is 2.81. The summed E-state index contributed by atoms with van der Waals surface area (Å²) < 4.78 is 11.6. The van der Waals surface area contributed by atoms with Gasteiger partial charge in [-0.3, -0.25) is 9.36 Å². The van der Waals surface area contributed by atoms with Crippen molar-refractivity contribution >= 4 is 5.52 Å². The lowest BCUT2D eigenvalue weighted by Gasteiger charge is -2.23. The van der Waals surface area contributed by atoms with E-state index >= 15 is 0 Å². The molecule has 0 aromatic carbocycles. The summed E-state index contributed by atoms with van der Waals surface area (Å²) in [5.41, 5.74) is 4.61. The molecule has 0 saturated carbocycles. The first kappa shape index (κ1) is 19.9. The van der Waals surface area contributed by atoms with Crippen LogP contribution in [0.2, 0.25) is 0 Å². The second kappa shape index (κ2) is 8.60. The van der Waals surface area contributed by atoms with Gasteiger partial charge in [0.05, 0.1) is 67.0 Å².